The quantitative estimate of drug-likeness (QED) is 0.859. The number of amides is 2. The highest BCUT2D eigenvalue weighted by Crippen LogP contribution is 2.10. The largest absolute Gasteiger partial charge is 0.351 e. The van der Waals surface area contributed by atoms with Crippen LogP contribution in [-0.2, 0) is 4.79 Å². The standard InChI is InChI=1S/C15H17N3O2S/c1-11(12-4-7-16-8-5-12)18-14(19)6-9-17-15(20)13-3-2-10-21-13/h2-5,7-8,10-11H,6,9H2,1H3,(H,17,20)(H,18,19). The highest BCUT2D eigenvalue weighted by atomic mass is 32.1. The van der Waals surface area contributed by atoms with Crippen LogP contribution in [0, 0.1) is 0 Å². The van der Waals surface area contributed by atoms with Crippen molar-refractivity contribution < 1.29 is 9.59 Å². The summed E-state index contributed by atoms with van der Waals surface area (Å²) in [5.74, 6) is -0.231. The van der Waals surface area contributed by atoms with Gasteiger partial charge in [-0.15, -0.1) is 11.3 Å². The Labute approximate surface area is 127 Å². The van der Waals surface area contributed by atoms with E-state index < -0.39 is 0 Å². The summed E-state index contributed by atoms with van der Waals surface area (Å²) in [6.07, 6.45) is 3.64. The lowest BCUT2D eigenvalue weighted by molar-refractivity contribution is -0.121. The Hall–Kier alpha value is -2.21. The smallest absolute Gasteiger partial charge is 0.261 e. The van der Waals surface area contributed by atoms with Crippen LogP contribution in [0.4, 0.5) is 0 Å². The first kappa shape index (κ1) is 15.2. The number of rotatable bonds is 6. The highest BCUT2D eigenvalue weighted by molar-refractivity contribution is 7.12. The third-order valence-corrected chi connectivity index (χ3v) is 3.83. The van der Waals surface area contributed by atoms with Crippen molar-refractivity contribution in [3.8, 4) is 0 Å². The molecule has 2 aromatic heterocycles. The first-order valence-electron chi connectivity index (χ1n) is 6.68. The van der Waals surface area contributed by atoms with Crippen LogP contribution in [-0.4, -0.2) is 23.3 Å². The molecule has 2 amide bonds. The molecule has 0 saturated carbocycles. The summed E-state index contributed by atoms with van der Waals surface area (Å²) in [6, 6.07) is 7.23. The van der Waals surface area contributed by atoms with Crippen molar-refractivity contribution in [3.05, 3.63) is 52.5 Å². The second-order valence-corrected chi connectivity index (χ2v) is 5.50. The molecule has 0 aliphatic rings. The van der Waals surface area contributed by atoms with Gasteiger partial charge in [-0.3, -0.25) is 14.6 Å². The van der Waals surface area contributed by atoms with Crippen molar-refractivity contribution in [2.45, 2.75) is 19.4 Å². The van der Waals surface area contributed by atoms with Crippen molar-refractivity contribution in [1.29, 1.82) is 0 Å². The first-order valence-corrected chi connectivity index (χ1v) is 7.56. The Morgan fingerprint density at radius 3 is 2.71 bits per heavy atom. The van der Waals surface area contributed by atoms with Crippen molar-refractivity contribution in [1.82, 2.24) is 15.6 Å². The second-order valence-electron chi connectivity index (χ2n) is 4.55. The van der Waals surface area contributed by atoms with Crippen LogP contribution in [0.15, 0.2) is 42.0 Å². The molecular weight excluding hydrogens is 286 g/mol. The minimum absolute atomic E-state index is 0.0755. The number of carbonyl (C=O) groups is 2. The molecule has 0 aromatic carbocycles. The minimum Gasteiger partial charge on any atom is -0.351 e. The summed E-state index contributed by atoms with van der Waals surface area (Å²) >= 11 is 1.38. The summed E-state index contributed by atoms with van der Waals surface area (Å²) in [6.45, 7) is 2.24. The van der Waals surface area contributed by atoms with E-state index in [1.165, 1.54) is 11.3 Å². The van der Waals surface area contributed by atoms with Gasteiger partial charge in [-0.05, 0) is 36.1 Å². The molecule has 0 fully saturated rings. The molecule has 2 rings (SSSR count). The average Bonchev–Trinajstić information content (AvgIpc) is 3.02. The zero-order valence-electron chi connectivity index (χ0n) is 11.7. The van der Waals surface area contributed by atoms with Crippen LogP contribution < -0.4 is 10.6 Å². The van der Waals surface area contributed by atoms with E-state index in [9.17, 15) is 9.59 Å². The van der Waals surface area contributed by atoms with Gasteiger partial charge >= 0.3 is 0 Å². The third-order valence-electron chi connectivity index (χ3n) is 2.97. The topological polar surface area (TPSA) is 71.1 Å². The van der Waals surface area contributed by atoms with Crippen molar-refractivity contribution in [3.63, 3.8) is 0 Å². The Bertz CT molecular complexity index is 584. The van der Waals surface area contributed by atoms with Crippen molar-refractivity contribution >= 4 is 23.2 Å². The molecule has 0 aliphatic carbocycles. The lowest BCUT2D eigenvalue weighted by atomic mass is 10.1. The third kappa shape index (κ3) is 4.68. The van der Waals surface area contributed by atoms with Gasteiger partial charge in [0.2, 0.25) is 5.91 Å². The van der Waals surface area contributed by atoms with Crippen LogP contribution >= 0.6 is 11.3 Å². The molecule has 110 valence electrons. The Morgan fingerprint density at radius 2 is 2.05 bits per heavy atom. The van der Waals surface area contributed by atoms with Crippen LogP contribution in [0.2, 0.25) is 0 Å². The fourth-order valence-corrected chi connectivity index (χ4v) is 2.47. The van der Waals surface area contributed by atoms with Gasteiger partial charge in [0.25, 0.3) is 5.91 Å². The number of nitrogens with zero attached hydrogens (tertiary/aromatic N) is 1. The number of nitrogens with one attached hydrogen (secondary N) is 2. The van der Waals surface area contributed by atoms with Gasteiger partial charge in [-0.25, -0.2) is 0 Å². The molecule has 2 N–H and O–H groups in total. The van der Waals surface area contributed by atoms with Gasteiger partial charge in [0.15, 0.2) is 0 Å². The van der Waals surface area contributed by atoms with Crippen LogP contribution in [0.1, 0.15) is 34.6 Å². The molecule has 0 radical (unpaired) electrons. The number of hydrogen-bond donors (Lipinski definition) is 2. The van der Waals surface area contributed by atoms with Gasteiger partial charge in [0.05, 0.1) is 10.9 Å². The van der Waals surface area contributed by atoms with Gasteiger partial charge in [0, 0.05) is 25.4 Å². The minimum atomic E-state index is -0.139. The zero-order chi connectivity index (χ0) is 15.1. The molecule has 6 heteroatoms. The predicted octanol–water partition coefficient (Wildman–Crippen LogP) is 2.14. The molecule has 1 unspecified atom stereocenters. The van der Waals surface area contributed by atoms with Crippen molar-refractivity contribution in [2.24, 2.45) is 0 Å². The number of hydrogen-bond acceptors (Lipinski definition) is 4. The second kappa shape index (κ2) is 7.54. The number of thiophene rings is 1. The highest BCUT2D eigenvalue weighted by Gasteiger charge is 2.10. The van der Waals surface area contributed by atoms with Crippen LogP contribution in [0.3, 0.4) is 0 Å². The summed E-state index contributed by atoms with van der Waals surface area (Å²) < 4.78 is 0. The molecule has 2 heterocycles. The van der Waals surface area contributed by atoms with E-state index in [-0.39, 0.29) is 24.3 Å². The van der Waals surface area contributed by atoms with Gasteiger partial charge in [-0.1, -0.05) is 6.07 Å². The first-order chi connectivity index (χ1) is 10.2. The van der Waals surface area contributed by atoms with Gasteiger partial charge < -0.3 is 10.6 Å². The van der Waals surface area contributed by atoms with Crippen LogP contribution in [0.5, 0.6) is 0 Å². The number of pyridine rings is 1. The van der Waals surface area contributed by atoms with E-state index in [2.05, 4.69) is 15.6 Å². The van der Waals surface area contributed by atoms with Crippen LogP contribution in [0.25, 0.3) is 0 Å². The Morgan fingerprint density at radius 1 is 1.29 bits per heavy atom. The summed E-state index contributed by atoms with van der Waals surface area (Å²) in [7, 11) is 0. The fourth-order valence-electron chi connectivity index (χ4n) is 1.83. The predicted molar refractivity (Wildman–Crippen MR) is 82.1 cm³/mol. The lowest BCUT2D eigenvalue weighted by Crippen LogP contribution is -2.31. The molecule has 0 spiro atoms. The van der Waals surface area contributed by atoms with E-state index in [1.807, 2.05) is 30.5 Å². The molecule has 2 aromatic rings. The molecular formula is C15H17N3O2S. The molecule has 0 aliphatic heterocycles. The van der Waals surface area contributed by atoms with Crippen molar-refractivity contribution in [2.75, 3.05) is 6.54 Å². The molecule has 0 saturated heterocycles. The van der Waals surface area contributed by atoms with Gasteiger partial charge in [-0.2, -0.15) is 0 Å². The van der Waals surface area contributed by atoms with E-state index in [4.69, 9.17) is 0 Å². The molecule has 5 nitrogen and oxygen atoms in total. The number of aromatic nitrogens is 1. The summed E-state index contributed by atoms with van der Waals surface area (Å²) in [5.41, 5.74) is 1.00. The molecule has 1 atom stereocenters. The molecule has 21 heavy (non-hydrogen) atoms. The maximum Gasteiger partial charge on any atom is 0.261 e. The number of carbonyl (C=O) groups excluding carboxylic acids is 2. The SMILES string of the molecule is CC(NC(=O)CCNC(=O)c1cccs1)c1ccncc1. The van der Waals surface area contributed by atoms with E-state index in [1.54, 1.807) is 18.5 Å². The fraction of sp³-hybridized carbons (Fsp3) is 0.267. The normalized spacial score (nSPS) is 11.7. The van der Waals surface area contributed by atoms with E-state index in [0.717, 1.165) is 5.56 Å². The maximum atomic E-state index is 11.8. The Kier molecular flexibility index (Phi) is 5.45. The van der Waals surface area contributed by atoms with E-state index >= 15 is 0 Å². The summed E-state index contributed by atoms with van der Waals surface area (Å²) in [4.78, 5) is 28.1. The van der Waals surface area contributed by atoms with E-state index in [0.29, 0.717) is 11.4 Å². The maximum absolute atomic E-state index is 11.8. The summed E-state index contributed by atoms with van der Waals surface area (Å²) in [5, 5.41) is 7.46. The zero-order valence-corrected chi connectivity index (χ0v) is 12.5. The van der Waals surface area contributed by atoms with Gasteiger partial charge in [0.1, 0.15) is 0 Å². The monoisotopic (exact) mass is 303 g/mol. The lowest BCUT2D eigenvalue weighted by Gasteiger charge is -2.14. The average molecular weight is 303 g/mol. The Balaban J connectivity index is 1.71. The molecule has 0 bridgehead atoms.